The summed E-state index contributed by atoms with van der Waals surface area (Å²) in [5, 5.41) is 12.5. The molecule has 2 saturated carbocycles. The second-order valence-corrected chi connectivity index (χ2v) is 10.4. The van der Waals surface area contributed by atoms with Gasteiger partial charge in [-0.1, -0.05) is 0 Å². The van der Waals surface area contributed by atoms with Crippen molar-refractivity contribution in [3.63, 3.8) is 0 Å². The number of nitrogens with one attached hydrogen (secondary N) is 1. The lowest BCUT2D eigenvalue weighted by atomic mass is 9.64. The van der Waals surface area contributed by atoms with Gasteiger partial charge in [-0.3, -0.25) is 0 Å². The fourth-order valence-electron chi connectivity index (χ4n) is 6.64. The van der Waals surface area contributed by atoms with Crippen LogP contribution < -0.4 is 5.32 Å². The molecule has 5 aliphatic rings. The molecular weight excluding hydrogens is 368 g/mol. The maximum absolute atomic E-state index is 12.7. The predicted octanol–water partition coefficient (Wildman–Crippen LogP) is 2.96. The highest BCUT2D eigenvalue weighted by Gasteiger charge is 2.51. The van der Waals surface area contributed by atoms with Crippen molar-refractivity contribution >= 4 is 12.1 Å². The molecule has 3 amide bonds. The van der Waals surface area contributed by atoms with Gasteiger partial charge in [-0.2, -0.15) is 0 Å². The van der Waals surface area contributed by atoms with Gasteiger partial charge in [-0.05, 0) is 88.6 Å². The maximum Gasteiger partial charge on any atom is 0.407 e. The number of carbonyl (C=O) groups excluding carboxylic acids is 1. The van der Waals surface area contributed by atoms with Crippen molar-refractivity contribution in [2.24, 2.45) is 11.3 Å². The maximum atomic E-state index is 12.7. The Morgan fingerprint density at radius 3 is 2.31 bits per heavy atom. The molecule has 0 unspecified atom stereocenters. The first-order valence-corrected chi connectivity index (χ1v) is 11.8. The molecule has 3 saturated heterocycles. The van der Waals surface area contributed by atoms with E-state index in [4.69, 9.17) is 0 Å². The van der Waals surface area contributed by atoms with E-state index in [-0.39, 0.29) is 11.4 Å². The number of urea groups is 1. The molecule has 5 fully saturated rings. The lowest BCUT2D eigenvalue weighted by Crippen LogP contribution is -2.56. The Bertz CT molecular complexity index is 638. The second kappa shape index (κ2) is 7.64. The zero-order valence-corrected chi connectivity index (χ0v) is 17.5. The largest absolute Gasteiger partial charge is 0.465 e. The summed E-state index contributed by atoms with van der Waals surface area (Å²) < 4.78 is 0. The van der Waals surface area contributed by atoms with Crippen molar-refractivity contribution in [3.05, 3.63) is 0 Å². The van der Waals surface area contributed by atoms with E-state index in [9.17, 15) is 14.7 Å². The summed E-state index contributed by atoms with van der Waals surface area (Å²) in [5.74, 6) is 0.643. The minimum atomic E-state index is -0.756. The normalized spacial score (nSPS) is 36.3. The van der Waals surface area contributed by atoms with E-state index in [1.54, 1.807) is 4.90 Å². The zero-order valence-electron chi connectivity index (χ0n) is 17.5. The molecule has 7 nitrogen and oxygen atoms in total. The summed E-state index contributed by atoms with van der Waals surface area (Å²) in [7, 11) is 0. The molecule has 0 radical (unpaired) electrons. The minimum absolute atomic E-state index is 0.185. The van der Waals surface area contributed by atoms with Crippen LogP contribution >= 0.6 is 0 Å². The van der Waals surface area contributed by atoms with Crippen molar-refractivity contribution in [1.29, 1.82) is 0 Å². The third kappa shape index (κ3) is 3.71. The molecule has 0 bridgehead atoms. The molecule has 3 aliphatic heterocycles. The van der Waals surface area contributed by atoms with Crippen molar-refractivity contribution < 1.29 is 14.7 Å². The lowest BCUT2D eigenvalue weighted by Gasteiger charge is -2.52. The van der Waals surface area contributed by atoms with E-state index in [2.05, 4.69) is 15.1 Å². The van der Waals surface area contributed by atoms with Crippen molar-refractivity contribution in [1.82, 2.24) is 20.0 Å². The molecule has 7 heteroatoms. The Hall–Kier alpha value is -1.50. The molecule has 2 aliphatic carbocycles. The number of piperidine rings is 1. The molecule has 5 rings (SSSR count). The van der Waals surface area contributed by atoms with Gasteiger partial charge in [-0.15, -0.1) is 0 Å². The average Bonchev–Trinajstić information content (AvgIpc) is 3.31. The van der Waals surface area contributed by atoms with Crippen LogP contribution in [0.5, 0.6) is 0 Å². The number of nitrogens with zero attached hydrogens (tertiary/aromatic N) is 3. The van der Waals surface area contributed by atoms with Crippen LogP contribution in [-0.2, 0) is 0 Å². The Labute approximate surface area is 173 Å². The van der Waals surface area contributed by atoms with Gasteiger partial charge in [0, 0.05) is 37.8 Å². The van der Waals surface area contributed by atoms with Crippen LogP contribution in [0.25, 0.3) is 0 Å². The predicted molar refractivity (Wildman–Crippen MR) is 110 cm³/mol. The van der Waals surface area contributed by atoms with Crippen LogP contribution in [0.15, 0.2) is 0 Å². The molecule has 162 valence electrons. The fraction of sp³-hybridized carbons (Fsp3) is 0.909. The molecule has 29 heavy (non-hydrogen) atoms. The third-order valence-corrected chi connectivity index (χ3v) is 8.67. The van der Waals surface area contributed by atoms with Crippen LogP contribution in [0.1, 0.15) is 64.2 Å². The number of rotatable bonds is 3. The number of hydrogen-bond donors (Lipinski definition) is 2. The molecule has 1 spiro atoms. The van der Waals surface area contributed by atoms with Crippen LogP contribution in [0.3, 0.4) is 0 Å². The monoisotopic (exact) mass is 404 g/mol. The highest BCUT2D eigenvalue weighted by molar-refractivity contribution is 5.75. The van der Waals surface area contributed by atoms with E-state index < -0.39 is 6.09 Å². The summed E-state index contributed by atoms with van der Waals surface area (Å²) >= 11 is 0. The minimum Gasteiger partial charge on any atom is -0.465 e. The number of carbonyl (C=O) groups is 2. The number of carboxylic acid groups (broad SMARTS) is 1. The first-order chi connectivity index (χ1) is 14.0. The lowest BCUT2D eigenvalue weighted by molar-refractivity contribution is -0.0138. The summed E-state index contributed by atoms with van der Waals surface area (Å²) in [6.45, 7) is 4.66. The van der Waals surface area contributed by atoms with Crippen LogP contribution in [0.4, 0.5) is 9.59 Å². The van der Waals surface area contributed by atoms with Gasteiger partial charge >= 0.3 is 12.1 Å². The van der Waals surface area contributed by atoms with Gasteiger partial charge < -0.3 is 25.1 Å². The molecule has 1 atom stereocenters. The van der Waals surface area contributed by atoms with Crippen LogP contribution in [-0.4, -0.2) is 82.8 Å². The molecule has 0 aromatic heterocycles. The third-order valence-electron chi connectivity index (χ3n) is 8.67. The van der Waals surface area contributed by atoms with E-state index in [0.29, 0.717) is 30.6 Å². The van der Waals surface area contributed by atoms with Crippen molar-refractivity contribution in [2.75, 3.05) is 32.7 Å². The fourth-order valence-corrected chi connectivity index (χ4v) is 6.64. The van der Waals surface area contributed by atoms with E-state index in [1.807, 2.05) is 0 Å². The highest BCUT2D eigenvalue weighted by Crippen LogP contribution is 2.50. The molecule has 2 N–H and O–H groups in total. The first-order valence-electron chi connectivity index (χ1n) is 11.8. The van der Waals surface area contributed by atoms with Crippen LogP contribution in [0, 0.1) is 11.3 Å². The number of amides is 3. The number of hydrogen-bond acceptors (Lipinski definition) is 3. The van der Waals surface area contributed by atoms with Gasteiger partial charge in [0.2, 0.25) is 0 Å². The molecule has 0 aromatic rings. The first kappa shape index (κ1) is 19.5. The van der Waals surface area contributed by atoms with Crippen molar-refractivity contribution in [2.45, 2.75) is 82.3 Å². The smallest absolute Gasteiger partial charge is 0.407 e. The Morgan fingerprint density at radius 2 is 1.69 bits per heavy atom. The zero-order chi connectivity index (χ0) is 20.0. The quantitative estimate of drug-likeness (QED) is 0.758. The Kier molecular flexibility index (Phi) is 5.13. The summed E-state index contributed by atoms with van der Waals surface area (Å²) in [4.78, 5) is 30.3. The van der Waals surface area contributed by atoms with Gasteiger partial charge in [-0.25, -0.2) is 9.59 Å². The topological polar surface area (TPSA) is 76.1 Å². The second-order valence-electron chi connectivity index (χ2n) is 10.4. The van der Waals surface area contributed by atoms with Gasteiger partial charge in [0.1, 0.15) is 0 Å². The Morgan fingerprint density at radius 1 is 0.931 bits per heavy atom. The van der Waals surface area contributed by atoms with Crippen molar-refractivity contribution in [3.8, 4) is 0 Å². The van der Waals surface area contributed by atoms with Gasteiger partial charge in [0.25, 0.3) is 0 Å². The molecule has 3 heterocycles. The SMILES string of the molecule is O=C(O)N1CCC2(CC(N3CCC([C@@H]4CCCN4C(=O)NC4CCC4)CC3)C2)C1. The standard InChI is InChI=1S/C22H36N4O3/c27-20(23-17-3-1-4-17)26-9-2-5-19(26)16-6-10-24(11-7-16)18-13-22(14-18)8-12-25(15-22)21(28)29/h16-19H,1-15H2,(H,23,27)(H,28,29)/t18?,19-,22?/m0/s1. The summed E-state index contributed by atoms with van der Waals surface area (Å²) in [6, 6.07) is 1.68. The van der Waals surface area contributed by atoms with E-state index in [1.165, 1.54) is 38.5 Å². The van der Waals surface area contributed by atoms with E-state index >= 15 is 0 Å². The highest BCUT2D eigenvalue weighted by atomic mass is 16.4. The Balaban J connectivity index is 1.09. The average molecular weight is 405 g/mol. The molecular formula is C22H36N4O3. The number of likely N-dealkylation sites (tertiary alicyclic amines) is 3. The molecule has 0 aromatic carbocycles. The summed E-state index contributed by atoms with van der Waals surface area (Å²) in [6.07, 6.45) is 10.9. The summed E-state index contributed by atoms with van der Waals surface area (Å²) in [5.41, 5.74) is 0.266. The van der Waals surface area contributed by atoms with Gasteiger partial charge in [0.15, 0.2) is 0 Å². The van der Waals surface area contributed by atoms with Gasteiger partial charge in [0.05, 0.1) is 0 Å². The van der Waals surface area contributed by atoms with E-state index in [0.717, 1.165) is 51.9 Å². The van der Waals surface area contributed by atoms with Crippen LogP contribution in [0.2, 0.25) is 0 Å².